The van der Waals surface area contributed by atoms with E-state index in [0.29, 0.717) is 5.13 Å². The van der Waals surface area contributed by atoms with E-state index < -0.39 is 15.9 Å². The first-order valence-electron chi connectivity index (χ1n) is 8.69. The van der Waals surface area contributed by atoms with Crippen LogP contribution in [-0.4, -0.2) is 54.1 Å². The Kier molecular flexibility index (Phi) is 5.89. The molecule has 27 heavy (non-hydrogen) atoms. The van der Waals surface area contributed by atoms with Gasteiger partial charge in [0.2, 0.25) is 15.2 Å². The molecule has 2 aromatic rings. The summed E-state index contributed by atoms with van der Waals surface area (Å²) in [5.41, 5.74) is 0.249. The fourth-order valence-electron chi connectivity index (χ4n) is 2.89. The van der Waals surface area contributed by atoms with E-state index in [1.165, 1.54) is 27.8 Å². The second-order valence-corrected chi connectivity index (χ2v) is 9.42. The topological polar surface area (TPSA) is 101 Å². The minimum atomic E-state index is -3.71. The molecule has 3 rings (SSSR count). The third kappa shape index (κ3) is 4.52. The molecule has 1 aliphatic rings. The molecule has 1 fully saturated rings. The number of benzene rings is 1. The van der Waals surface area contributed by atoms with Crippen molar-refractivity contribution in [1.29, 1.82) is 0 Å². The maximum absolute atomic E-state index is 13.0. The molecule has 1 aromatic heterocycles. The SMILES string of the molecule is CCc1nnc(NC(=O)c2cccc(S(=O)(=O)N3C[C@@H](C)O[C@H](C)C3)c2)s1. The summed E-state index contributed by atoms with van der Waals surface area (Å²) in [6.45, 7) is 6.21. The fourth-order valence-corrected chi connectivity index (χ4v) is 5.20. The molecule has 0 saturated carbocycles. The van der Waals surface area contributed by atoms with Crippen LogP contribution in [0.15, 0.2) is 29.2 Å². The zero-order chi connectivity index (χ0) is 19.6. The summed E-state index contributed by atoms with van der Waals surface area (Å²) in [7, 11) is -3.71. The Balaban J connectivity index is 1.80. The molecule has 1 aromatic carbocycles. The highest BCUT2D eigenvalue weighted by Crippen LogP contribution is 2.23. The quantitative estimate of drug-likeness (QED) is 0.810. The van der Waals surface area contributed by atoms with Crippen LogP contribution in [0.25, 0.3) is 0 Å². The normalized spacial score (nSPS) is 21.1. The average Bonchev–Trinajstić information content (AvgIpc) is 3.08. The Bertz CT molecular complexity index is 919. The number of nitrogens with one attached hydrogen (secondary N) is 1. The lowest BCUT2D eigenvalue weighted by atomic mass is 10.2. The highest BCUT2D eigenvalue weighted by atomic mass is 32.2. The van der Waals surface area contributed by atoms with Crippen LogP contribution >= 0.6 is 11.3 Å². The van der Waals surface area contributed by atoms with Gasteiger partial charge in [-0.05, 0) is 38.5 Å². The maximum atomic E-state index is 13.0. The molecule has 2 atom stereocenters. The van der Waals surface area contributed by atoms with Gasteiger partial charge >= 0.3 is 0 Å². The Labute approximate surface area is 162 Å². The highest BCUT2D eigenvalue weighted by molar-refractivity contribution is 7.89. The summed E-state index contributed by atoms with van der Waals surface area (Å²) >= 11 is 1.29. The number of carbonyl (C=O) groups is 1. The monoisotopic (exact) mass is 410 g/mol. The van der Waals surface area contributed by atoms with E-state index >= 15 is 0 Å². The summed E-state index contributed by atoms with van der Waals surface area (Å²) in [5.74, 6) is -0.422. The van der Waals surface area contributed by atoms with Crippen molar-refractivity contribution in [3.63, 3.8) is 0 Å². The number of nitrogens with zero attached hydrogens (tertiary/aromatic N) is 3. The molecule has 1 amide bonds. The van der Waals surface area contributed by atoms with Gasteiger partial charge in [-0.15, -0.1) is 10.2 Å². The highest BCUT2D eigenvalue weighted by Gasteiger charge is 2.32. The van der Waals surface area contributed by atoms with E-state index in [0.717, 1.165) is 11.4 Å². The van der Waals surface area contributed by atoms with Crippen LogP contribution in [0.2, 0.25) is 0 Å². The first kappa shape index (κ1) is 19.9. The molecule has 0 aliphatic carbocycles. The van der Waals surface area contributed by atoms with Crippen LogP contribution < -0.4 is 5.32 Å². The van der Waals surface area contributed by atoms with Crippen LogP contribution in [-0.2, 0) is 21.2 Å². The van der Waals surface area contributed by atoms with E-state index in [4.69, 9.17) is 4.74 Å². The zero-order valence-corrected chi connectivity index (χ0v) is 17.0. The van der Waals surface area contributed by atoms with Gasteiger partial charge in [0.05, 0.1) is 17.1 Å². The Morgan fingerprint density at radius 3 is 2.63 bits per heavy atom. The van der Waals surface area contributed by atoms with Gasteiger partial charge in [-0.2, -0.15) is 4.31 Å². The van der Waals surface area contributed by atoms with Gasteiger partial charge in [0.15, 0.2) is 0 Å². The molecular weight excluding hydrogens is 388 g/mol. The molecule has 10 heteroatoms. The summed E-state index contributed by atoms with van der Waals surface area (Å²) in [4.78, 5) is 12.6. The van der Waals surface area contributed by atoms with E-state index in [2.05, 4.69) is 15.5 Å². The summed E-state index contributed by atoms with van der Waals surface area (Å²) in [6, 6.07) is 6.02. The van der Waals surface area contributed by atoms with E-state index in [9.17, 15) is 13.2 Å². The molecule has 0 spiro atoms. The van der Waals surface area contributed by atoms with Crippen molar-refractivity contribution in [2.75, 3.05) is 18.4 Å². The van der Waals surface area contributed by atoms with Gasteiger partial charge in [0.1, 0.15) is 5.01 Å². The molecule has 146 valence electrons. The van der Waals surface area contributed by atoms with Crippen molar-refractivity contribution >= 4 is 32.4 Å². The smallest absolute Gasteiger partial charge is 0.257 e. The molecule has 2 heterocycles. The Hall–Kier alpha value is -1.88. The number of anilines is 1. The largest absolute Gasteiger partial charge is 0.373 e. The van der Waals surface area contributed by atoms with Gasteiger partial charge in [-0.1, -0.05) is 24.3 Å². The first-order valence-corrected chi connectivity index (χ1v) is 10.9. The van der Waals surface area contributed by atoms with Gasteiger partial charge in [-0.3, -0.25) is 10.1 Å². The zero-order valence-electron chi connectivity index (χ0n) is 15.4. The molecular formula is C17H22N4O4S2. The van der Waals surface area contributed by atoms with Crippen LogP contribution in [0.3, 0.4) is 0 Å². The minimum Gasteiger partial charge on any atom is -0.373 e. The maximum Gasteiger partial charge on any atom is 0.257 e. The molecule has 0 radical (unpaired) electrons. The number of amides is 1. The predicted molar refractivity (Wildman–Crippen MR) is 102 cm³/mol. The minimum absolute atomic E-state index is 0.0861. The number of hydrogen-bond donors (Lipinski definition) is 1. The molecule has 0 bridgehead atoms. The van der Waals surface area contributed by atoms with Gasteiger partial charge in [0.25, 0.3) is 5.91 Å². The van der Waals surface area contributed by atoms with Crippen LogP contribution in [0, 0.1) is 0 Å². The Morgan fingerprint density at radius 2 is 2.00 bits per heavy atom. The van der Waals surface area contributed by atoms with Gasteiger partial charge < -0.3 is 4.74 Å². The predicted octanol–water partition coefficient (Wildman–Crippen LogP) is 2.15. The average molecular weight is 411 g/mol. The molecule has 1 aliphatic heterocycles. The molecule has 8 nitrogen and oxygen atoms in total. The van der Waals surface area contributed by atoms with Crippen molar-refractivity contribution in [3.05, 3.63) is 34.8 Å². The number of aryl methyl sites for hydroxylation is 1. The third-order valence-electron chi connectivity index (χ3n) is 4.11. The summed E-state index contributed by atoms with van der Waals surface area (Å²) in [5, 5.41) is 11.7. The number of aromatic nitrogens is 2. The summed E-state index contributed by atoms with van der Waals surface area (Å²) < 4.78 is 33.0. The van der Waals surface area contributed by atoms with Gasteiger partial charge in [0, 0.05) is 18.7 Å². The van der Waals surface area contributed by atoms with Gasteiger partial charge in [-0.25, -0.2) is 8.42 Å². The number of ether oxygens (including phenoxy) is 1. The summed E-state index contributed by atoms with van der Waals surface area (Å²) in [6.07, 6.45) is 0.373. The van der Waals surface area contributed by atoms with Crippen molar-refractivity contribution in [1.82, 2.24) is 14.5 Å². The fraction of sp³-hybridized carbons (Fsp3) is 0.471. The van der Waals surface area contributed by atoms with Crippen LogP contribution in [0.1, 0.15) is 36.1 Å². The lowest BCUT2D eigenvalue weighted by Crippen LogP contribution is -2.48. The van der Waals surface area contributed by atoms with E-state index in [-0.39, 0.29) is 35.8 Å². The van der Waals surface area contributed by atoms with Crippen molar-refractivity contribution in [2.24, 2.45) is 0 Å². The number of carbonyl (C=O) groups excluding carboxylic acids is 1. The lowest BCUT2D eigenvalue weighted by Gasteiger charge is -2.34. The van der Waals surface area contributed by atoms with Crippen LogP contribution in [0.4, 0.5) is 5.13 Å². The number of morpholine rings is 1. The molecule has 1 saturated heterocycles. The number of hydrogen-bond acceptors (Lipinski definition) is 7. The molecule has 0 unspecified atom stereocenters. The Morgan fingerprint density at radius 1 is 1.30 bits per heavy atom. The standard InChI is InChI=1S/C17H22N4O4S2/c1-4-15-19-20-17(26-15)18-16(22)13-6-5-7-14(8-13)27(23,24)21-9-11(2)25-12(3)10-21/h5-8,11-12H,4,9-10H2,1-3H3,(H,18,20,22)/t11-,12-/m1/s1. The second-order valence-electron chi connectivity index (χ2n) is 6.42. The van der Waals surface area contributed by atoms with E-state index in [1.54, 1.807) is 12.1 Å². The van der Waals surface area contributed by atoms with Crippen molar-refractivity contribution in [3.8, 4) is 0 Å². The van der Waals surface area contributed by atoms with Crippen molar-refractivity contribution < 1.29 is 17.9 Å². The third-order valence-corrected chi connectivity index (χ3v) is 6.92. The number of sulfonamides is 1. The van der Waals surface area contributed by atoms with Crippen molar-refractivity contribution in [2.45, 2.75) is 44.3 Å². The lowest BCUT2D eigenvalue weighted by molar-refractivity contribution is -0.0440. The van der Waals surface area contributed by atoms with E-state index in [1.807, 2.05) is 20.8 Å². The van der Waals surface area contributed by atoms with Crippen LogP contribution in [0.5, 0.6) is 0 Å². The first-order chi connectivity index (χ1) is 12.8. The number of rotatable bonds is 5. The molecule has 1 N–H and O–H groups in total. The second kappa shape index (κ2) is 8.01.